The molecule has 3 aromatic rings. The zero-order valence-corrected chi connectivity index (χ0v) is 16.2. The average molecular weight is 415 g/mol. The standard InChI is InChI=1S/C20H19BrN2OS/c1-14-8-10-15(11-9-14)20(18-7-4-12-25-18)22-13-19(24)23-17-6-3-2-5-16(17)21/h2-12,20,22H,13H2,1H3,(H,23,24)/t20-/m1/s1. The number of hydrogen-bond donors (Lipinski definition) is 2. The van der Waals surface area contributed by atoms with Crippen molar-refractivity contribution in [1.29, 1.82) is 0 Å². The van der Waals surface area contributed by atoms with Gasteiger partial charge >= 0.3 is 0 Å². The minimum atomic E-state index is -0.0689. The van der Waals surface area contributed by atoms with Gasteiger partial charge in [-0.15, -0.1) is 11.3 Å². The van der Waals surface area contributed by atoms with E-state index in [0.717, 1.165) is 15.7 Å². The molecule has 0 bridgehead atoms. The van der Waals surface area contributed by atoms with E-state index in [4.69, 9.17) is 0 Å². The lowest BCUT2D eigenvalue weighted by Gasteiger charge is -2.18. The molecule has 1 atom stereocenters. The van der Waals surface area contributed by atoms with E-state index in [9.17, 15) is 4.79 Å². The number of para-hydroxylation sites is 1. The number of aryl methyl sites for hydroxylation is 1. The van der Waals surface area contributed by atoms with Gasteiger partial charge < -0.3 is 5.32 Å². The summed E-state index contributed by atoms with van der Waals surface area (Å²) in [5.41, 5.74) is 3.15. The van der Waals surface area contributed by atoms with Crippen LogP contribution in [0.1, 0.15) is 22.0 Å². The molecule has 25 heavy (non-hydrogen) atoms. The van der Waals surface area contributed by atoms with Crippen LogP contribution in [0.15, 0.2) is 70.5 Å². The normalized spacial score (nSPS) is 11.9. The fourth-order valence-electron chi connectivity index (χ4n) is 2.55. The largest absolute Gasteiger partial charge is 0.324 e. The predicted molar refractivity (Wildman–Crippen MR) is 108 cm³/mol. The fraction of sp³-hybridized carbons (Fsp3) is 0.150. The highest BCUT2D eigenvalue weighted by atomic mass is 79.9. The van der Waals surface area contributed by atoms with Crippen molar-refractivity contribution in [3.8, 4) is 0 Å². The summed E-state index contributed by atoms with van der Waals surface area (Å²) in [7, 11) is 0. The van der Waals surface area contributed by atoms with Gasteiger partial charge in [0.2, 0.25) is 5.91 Å². The monoisotopic (exact) mass is 414 g/mol. The zero-order valence-electron chi connectivity index (χ0n) is 13.8. The van der Waals surface area contributed by atoms with Gasteiger partial charge in [-0.1, -0.05) is 48.0 Å². The van der Waals surface area contributed by atoms with Crippen LogP contribution < -0.4 is 10.6 Å². The van der Waals surface area contributed by atoms with Gasteiger partial charge in [0.1, 0.15) is 0 Å². The number of halogens is 1. The number of nitrogens with one attached hydrogen (secondary N) is 2. The molecular formula is C20H19BrN2OS. The molecule has 3 rings (SSSR count). The Morgan fingerprint density at radius 3 is 2.52 bits per heavy atom. The Hall–Kier alpha value is -1.95. The zero-order chi connectivity index (χ0) is 17.6. The molecule has 0 aliphatic rings. The Morgan fingerprint density at radius 1 is 1.08 bits per heavy atom. The number of anilines is 1. The van der Waals surface area contributed by atoms with Crippen molar-refractivity contribution in [2.24, 2.45) is 0 Å². The molecular weight excluding hydrogens is 396 g/mol. The summed E-state index contributed by atoms with van der Waals surface area (Å²) in [6.45, 7) is 2.31. The van der Waals surface area contributed by atoms with E-state index in [0.29, 0.717) is 0 Å². The quantitative estimate of drug-likeness (QED) is 0.586. The van der Waals surface area contributed by atoms with Gasteiger partial charge in [0.25, 0.3) is 0 Å². The third-order valence-corrected chi connectivity index (χ3v) is 5.48. The molecule has 1 heterocycles. The van der Waals surface area contributed by atoms with Crippen LogP contribution in [0.3, 0.4) is 0 Å². The van der Waals surface area contributed by atoms with Crippen molar-refractivity contribution in [2.45, 2.75) is 13.0 Å². The van der Waals surface area contributed by atoms with Crippen LogP contribution >= 0.6 is 27.3 Å². The molecule has 0 spiro atoms. The van der Waals surface area contributed by atoms with Crippen molar-refractivity contribution >= 4 is 38.9 Å². The van der Waals surface area contributed by atoms with Gasteiger partial charge in [-0.05, 0) is 52.0 Å². The van der Waals surface area contributed by atoms with Crippen LogP contribution in [0.5, 0.6) is 0 Å². The summed E-state index contributed by atoms with van der Waals surface area (Å²) in [6.07, 6.45) is 0. The van der Waals surface area contributed by atoms with E-state index < -0.39 is 0 Å². The SMILES string of the molecule is Cc1ccc([C@@H](NCC(=O)Nc2ccccc2Br)c2cccs2)cc1. The first-order chi connectivity index (χ1) is 12.1. The maximum Gasteiger partial charge on any atom is 0.238 e. The van der Waals surface area contributed by atoms with E-state index in [2.05, 4.69) is 69.2 Å². The molecule has 0 radical (unpaired) electrons. The predicted octanol–water partition coefficient (Wildman–Crippen LogP) is 5.14. The van der Waals surface area contributed by atoms with Gasteiger partial charge in [-0.25, -0.2) is 0 Å². The molecule has 128 valence electrons. The molecule has 2 aromatic carbocycles. The first kappa shape index (κ1) is 17.9. The van der Waals surface area contributed by atoms with E-state index in [1.165, 1.54) is 10.4 Å². The molecule has 2 N–H and O–H groups in total. The first-order valence-electron chi connectivity index (χ1n) is 8.01. The van der Waals surface area contributed by atoms with Gasteiger partial charge in [-0.3, -0.25) is 10.1 Å². The number of hydrogen-bond acceptors (Lipinski definition) is 3. The number of thiophene rings is 1. The van der Waals surface area contributed by atoms with E-state index in [1.54, 1.807) is 11.3 Å². The van der Waals surface area contributed by atoms with Crippen molar-refractivity contribution in [3.05, 3.63) is 86.5 Å². The minimum absolute atomic E-state index is 0.00515. The fourth-order valence-corrected chi connectivity index (χ4v) is 3.76. The third-order valence-electron chi connectivity index (χ3n) is 3.85. The highest BCUT2D eigenvalue weighted by molar-refractivity contribution is 9.10. The van der Waals surface area contributed by atoms with Crippen LogP contribution in [0, 0.1) is 6.92 Å². The highest BCUT2D eigenvalue weighted by Crippen LogP contribution is 2.26. The lowest BCUT2D eigenvalue weighted by molar-refractivity contribution is -0.115. The van der Waals surface area contributed by atoms with Crippen LogP contribution in [-0.2, 0) is 4.79 Å². The molecule has 5 heteroatoms. The number of carbonyl (C=O) groups is 1. The first-order valence-corrected chi connectivity index (χ1v) is 9.68. The lowest BCUT2D eigenvalue weighted by Crippen LogP contribution is -2.31. The van der Waals surface area contributed by atoms with Crippen LogP contribution in [0.4, 0.5) is 5.69 Å². The summed E-state index contributed by atoms with van der Waals surface area (Å²) in [4.78, 5) is 13.5. The third kappa shape index (κ3) is 4.78. The lowest BCUT2D eigenvalue weighted by atomic mass is 10.0. The molecule has 0 aliphatic heterocycles. The molecule has 1 aromatic heterocycles. The Bertz CT molecular complexity index is 831. The number of carbonyl (C=O) groups excluding carboxylic acids is 1. The van der Waals surface area contributed by atoms with Crippen LogP contribution in [0.2, 0.25) is 0 Å². The molecule has 1 amide bonds. The summed E-state index contributed by atoms with van der Waals surface area (Å²) >= 11 is 5.13. The second-order valence-corrected chi connectivity index (χ2v) is 7.60. The van der Waals surface area contributed by atoms with Crippen molar-refractivity contribution in [2.75, 3.05) is 11.9 Å². The molecule has 0 aliphatic carbocycles. The summed E-state index contributed by atoms with van der Waals surface area (Å²) in [6, 6.07) is 20.1. The smallest absolute Gasteiger partial charge is 0.238 e. The van der Waals surface area contributed by atoms with Gasteiger partial charge in [0.05, 0.1) is 18.3 Å². The maximum absolute atomic E-state index is 12.3. The van der Waals surface area contributed by atoms with Crippen molar-refractivity contribution in [3.63, 3.8) is 0 Å². The molecule has 0 unspecified atom stereocenters. The Balaban J connectivity index is 1.70. The van der Waals surface area contributed by atoms with Crippen LogP contribution in [-0.4, -0.2) is 12.5 Å². The second kappa shape index (κ2) is 8.43. The van der Waals surface area contributed by atoms with Crippen LogP contribution in [0.25, 0.3) is 0 Å². The van der Waals surface area contributed by atoms with Crippen molar-refractivity contribution in [1.82, 2.24) is 5.32 Å². The van der Waals surface area contributed by atoms with Crippen molar-refractivity contribution < 1.29 is 4.79 Å². The number of amides is 1. The Kier molecular flexibility index (Phi) is 6.02. The second-order valence-electron chi connectivity index (χ2n) is 5.77. The molecule has 0 saturated carbocycles. The summed E-state index contributed by atoms with van der Waals surface area (Å²) in [5.74, 6) is -0.0689. The van der Waals surface area contributed by atoms with E-state index in [-0.39, 0.29) is 18.5 Å². The minimum Gasteiger partial charge on any atom is -0.324 e. The Labute approximate surface area is 160 Å². The van der Waals surface area contributed by atoms with Gasteiger partial charge in [-0.2, -0.15) is 0 Å². The maximum atomic E-state index is 12.3. The average Bonchev–Trinajstić information content (AvgIpc) is 3.13. The summed E-state index contributed by atoms with van der Waals surface area (Å²) < 4.78 is 0.872. The molecule has 3 nitrogen and oxygen atoms in total. The number of benzene rings is 2. The Morgan fingerprint density at radius 2 is 1.84 bits per heavy atom. The summed E-state index contributed by atoms with van der Waals surface area (Å²) in [5, 5.41) is 8.36. The molecule has 0 saturated heterocycles. The number of rotatable bonds is 6. The van der Waals surface area contributed by atoms with Gasteiger partial charge in [0.15, 0.2) is 0 Å². The molecule has 0 fully saturated rings. The van der Waals surface area contributed by atoms with E-state index in [1.807, 2.05) is 30.3 Å². The highest BCUT2D eigenvalue weighted by Gasteiger charge is 2.16. The topological polar surface area (TPSA) is 41.1 Å². The van der Waals surface area contributed by atoms with Gasteiger partial charge in [0, 0.05) is 9.35 Å². The van der Waals surface area contributed by atoms with E-state index >= 15 is 0 Å².